The molecule has 3 amide bonds. The number of anilines is 2. The maximum Gasteiger partial charge on any atom is 0.308 e. The van der Waals surface area contributed by atoms with Crippen LogP contribution in [0.1, 0.15) is 16.4 Å². The lowest BCUT2D eigenvalue weighted by Crippen LogP contribution is -2.33. The minimum atomic E-state index is -0.755. The van der Waals surface area contributed by atoms with Gasteiger partial charge in [0.25, 0.3) is 0 Å². The largest absolute Gasteiger partial charge is 0.325 e. The molecule has 2 aliphatic heterocycles. The van der Waals surface area contributed by atoms with E-state index in [1.165, 1.54) is 21.2 Å². The van der Waals surface area contributed by atoms with E-state index in [4.69, 9.17) is 11.6 Å². The van der Waals surface area contributed by atoms with Crippen LogP contribution in [0.3, 0.4) is 0 Å². The number of imide groups is 1. The second-order valence-corrected chi connectivity index (χ2v) is 12.7. The van der Waals surface area contributed by atoms with Crippen LogP contribution in [-0.2, 0) is 20.9 Å². The summed E-state index contributed by atoms with van der Waals surface area (Å²) in [6.45, 7) is -0.216. The van der Waals surface area contributed by atoms with Gasteiger partial charge in [-0.05, 0) is 52.7 Å². The molecule has 0 radical (unpaired) electrons. The number of thioether (sulfide) groups is 1. The van der Waals surface area contributed by atoms with Gasteiger partial charge in [-0.15, -0.1) is 0 Å². The van der Waals surface area contributed by atoms with E-state index in [0.717, 1.165) is 27.7 Å². The fourth-order valence-corrected chi connectivity index (χ4v) is 8.63. The van der Waals surface area contributed by atoms with Crippen LogP contribution in [0.5, 0.6) is 0 Å². The van der Waals surface area contributed by atoms with Crippen LogP contribution in [0.25, 0.3) is 10.8 Å². The number of benzene rings is 4. The van der Waals surface area contributed by atoms with Gasteiger partial charge >= 0.3 is 4.87 Å². The van der Waals surface area contributed by atoms with Gasteiger partial charge < -0.3 is 5.32 Å². The van der Waals surface area contributed by atoms with E-state index in [-0.39, 0.29) is 29.1 Å². The molecule has 3 heterocycles. The molecule has 2 aliphatic rings. The van der Waals surface area contributed by atoms with E-state index >= 15 is 0 Å². The normalized spacial score (nSPS) is 19.5. The van der Waals surface area contributed by atoms with E-state index in [0.29, 0.717) is 26.3 Å². The number of halogens is 1. The summed E-state index contributed by atoms with van der Waals surface area (Å²) in [7, 11) is 0. The first kappa shape index (κ1) is 26.7. The average Bonchev–Trinajstić information content (AvgIpc) is 3.44. The van der Waals surface area contributed by atoms with Crippen LogP contribution < -0.4 is 15.1 Å². The number of nitrogens with one attached hydrogen (secondary N) is 1. The smallest absolute Gasteiger partial charge is 0.308 e. The molecule has 3 atom stereocenters. The molecule has 10 heteroatoms. The molecule has 4 aromatic carbocycles. The summed E-state index contributed by atoms with van der Waals surface area (Å²) in [5, 5.41) is 5.24. The Morgan fingerprint density at radius 1 is 0.833 bits per heavy atom. The van der Waals surface area contributed by atoms with E-state index in [2.05, 4.69) is 5.32 Å². The van der Waals surface area contributed by atoms with Gasteiger partial charge in [0.15, 0.2) is 0 Å². The van der Waals surface area contributed by atoms with Gasteiger partial charge in [0.1, 0.15) is 11.8 Å². The minimum Gasteiger partial charge on any atom is -0.325 e. The molecule has 5 aromatic rings. The van der Waals surface area contributed by atoms with Crippen molar-refractivity contribution in [1.29, 1.82) is 0 Å². The van der Waals surface area contributed by atoms with Crippen molar-refractivity contribution < 1.29 is 14.4 Å². The lowest BCUT2D eigenvalue weighted by atomic mass is 9.83. The maximum atomic E-state index is 13.9. The second kappa shape index (κ2) is 10.6. The highest BCUT2D eigenvalue weighted by Gasteiger charge is 2.56. The van der Waals surface area contributed by atoms with Crippen LogP contribution in [0, 0.1) is 5.92 Å². The molecule has 42 heavy (non-hydrogen) atoms. The zero-order chi connectivity index (χ0) is 29.0. The number of aromatic nitrogens is 1. The SMILES string of the molecule is O=C(Cn1c2c(sc1=O)[C@@H](c1ccccc1)[C@@H]1C(=O)N(c3ccc(Cl)cc3)C(=O)[C@@H]1S2)Nc1ccc2ccccc2c1. The number of amides is 3. The monoisotopic (exact) mass is 611 g/mol. The van der Waals surface area contributed by atoms with Crippen molar-refractivity contribution in [2.24, 2.45) is 5.92 Å². The standard InChI is InChI=1S/C32H22ClN3O4S2/c33-21-11-14-23(15-12-21)36-29(38)26-25(19-7-2-1-3-8-19)28-31(41-27(26)30(36)39)35(32(40)42-28)17-24(37)34-22-13-10-18-6-4-5-9-20(18)16-22/h1-16,25-27H,17H2,(H,34,37)/t25-,26-,27+/m0/s1. The predicted molar refractivity (Wildman–Crippen MR) is 167 cm³/mol. The Labute approximate surface area is 253 Å². The number of thiazole rings is 1. The quantitative estimate of drug-likeness (QED) is 0.241. The van der Waals surface area contributed by atoms with E-state index in [9.17, 15) is 19.2 Å². The molecular formula is C32H22ClN3O4S2. The molecule has 1 N–H and O–H groups in total. The lowest BCUT2D eigenvalue weighted by Gasteiger charge is -2.30. The number of hydrogen-bond donors (Lipinski definition) is 1. The summed E-state index contributed by atoms with van der Waals surface area (Å²) >= 11 is 8.28. The Morgan fingerprint density at radius 2 is 1.55 bits per heavy atom. The first-order chi connectivity index (χ1) is 20.4. The molecule has 1 fully saturated rings. The number of carbonyl (C=O) groups is 3. The second-order valence-electron chi connectivity index (χ2n) is 10.2. The van der Waals surface area contributed by atoms with Gasteiger partial charge in [-0.1, -0.05) is 95.4 Å². The third-order valence-corrected chi connectivity index (χ3v) is 10.5. The summed E-state index contributed by atoms with van der Waals surface area (Å²) < 4.78 is 1.43. The van der Waals surface area contributed by atoms with Crippen molar-refractivity contribution in [1.82, 2.24) is 4.57 Å². The minimum absolute atomic E-state index is 0.216. The number of fused-ring (bicyclic) bond motifs is 3. The zero-order valence-electron chi connectivity index (χ0n) is 21.9. The molecule has 0 saturated carbocycles. The van der Waals surface area contributed by atoms with Gasteiger partial charge in [0, 0.05) is 21.5 Å². The van der Waals surface area contributed by atoms with E-state index < -0.39 is 17.1 Å². The Balaban J connectivity index is 1.25. The fourth-order valence-electron chi connectivity index (χ4n) is 5.73. The summed E-state index contributed by atoms with van der Waals surface area (Å²) in [5.41, 5.74) is 1.91. The summed E-state index contributed by atoms with van der Waals surface area (Å²) in [5.74, 6) is -2.24. The maximum absolute atomic E-state index is 13.9. The molecular weight excluding hydrogens is 590 g/mol. The Bertz CT molecular complexity index is 1940. The Kier molecular flexibility index (Phi) is 6.73. The molecule has 1 saturated heterocycles. The Morgan fingerprint density at radius 3 is 2.31 bits per heavy atom. The highest BCUT2D eigenvalue weighted by molar-refractivity contribution is 8.00. The van der Waals surface area contributed by atoms with Crippen LogP contribution >= 0.6 is 34.7 Å². The summed E-state index contributed by atoms with van der Waals surface area (Å²) in [6, 6.07) is 29.5. The molecule has 1 aromatic heterocycles. The Hall–Kier alpha value is -4.18. The molecule has 0 bridgehead atoms. The number of rotatable bonds is 5. The van der Waals surface area contributed by atoms with Crippen LogP contribution in [0.2, 0.25) is 5.02 Å². The average molecular weight is 612 g/mol. The predicted octanol–water partition coefficient (Wildman–Crippen LogP) is 6.15. The molecule has 7 nitrogen and oxygen atoms in total. The third kappa shape index (κ3) is 4.54. The highest BCUT2D eigenvalue weighted by Crippen LogP contribution is 2.53. The van der Waals surface area contributed by atoms with Crippen LogP contribution in [-0.4, -0.2) is 27.5 Å². The van der Waals surface area contributed by atoms with E-state index in [1.807, 2.05) is 72.8 Å². The number of hydrogen-bond acceptors (Lipinski definition) is 6. The van der Waals surface area contributed by atoms with Crippen LogP contribution in [0.4, 0.5) is 11.4 Å². The van der Waals surface area contributed by atoms with Gasteiger partial charge in [0.2, 0.25) is 17.7 Å². The summed E-state index contributed by atoms with van der Waals surface area (Å²) in [4.78, 5) is 55.9. The van der Waals surface area contributed by atoms with Crippen molar-refractivity contribution in [2.45, 2.75) is 22.7 Å². The van der Waals surface area contributed by atoms with Gasteiger partial charge in [-0.2, -0.15) is 0 Å². The molecule has 0 unspecified atom stereocenters. The third-order valence-electron chi connectivity index (χ3n) is 7.63. The molecule has 0 spiro atoms. The topological polar surface area (TPSA) is 88.5 Å². The van der Waals surface area contributed by atoms with Gasteiger partial charge in [-0.25, -0.2) is 4.90 Å². The number of nitrogens with zero attached hydrogens (tertiary/aromatic N) is 2. The zero-order valence-corrected chi connectivity index (χ0v) is 24.3. The molecule has 0 aliphatic carbocycles. The summed E-state index contributed by atoms with van der Waals surface area (Å²) in [6.07, 6.45) is 0. The van der Waals surface area contributed by atoms with Crippen LogP contribution in [0.15, 0.2) is 107 Å². The van der Waals surface area contributed by atoms with Gasteiger partial charge in [0.05, 0.1) is 16.6 Å². The first-order valence-corrected chi connectivity index (χ1v) is 15.3. The fraction of sp³-hybridized carbons (Fsp3) is 0.125. The molecule has 208 valence electrons. The van der Waals surface area contributed by atoms with Crippen molar-refractivity contribution >= 4 is 74.6 Å². The molecule has 7 rings (SSSR count). The first-order valence-electron chi connectivity index (χ1n) is 13.3. The highest BCUT2D eigenvalue weighted by atomic mass is 35.5. The van der Waals surface area contributed by atoms with Gasteiger partial charge in [-0.3, -0.25) is 23.7 Å². The van der Waals surface area contributed by atoms with Crippen molar-refractivity contribution in [2.75, 3.05) is 10.2 Å². The lowest BCUT2D eigenvalue weighted by molar-refractivity contribution is -0.122. The van der Waals surface area contributed by atoms with Crippen molar-refractivity contribution in [3.05, 3.63) is 122 Å². The van der Waals surface area contributed by atoms with E-state index in [1.54, 1.807) is 24.3 Å². The number of carbonyl (C=O) groups excluding carboxylic acids is 3. The van der Waals surface area contributed by atoms with Crippen molar-refractivity contribution in [3.8, 4) is 0 Å². The van der Waals surface area contributed by atoms with Crippen molar-refractivity contribution in [3.63, 3.8) is 0 Å².